The number of ether oxygens (including phenoxy) is 1. The highest BCUT2D eigenvalue weighted by atomic mass is 16.5. The van der Waals surface area contributed by atoms with Crippen molar-refractivity contribution in [3.05, 3.63) is 24.3 Å². The fraction of sp³-hybridized carbons (Fsp3) is 0.882. The first kappa shape index (κ1) is 53.4. The lowest BCUT2D eigenvalue weighted by Crippen LogP contribution is -2.55. The highest BCUT2D eigenvalue weighted by Crippen LogP contribution is 2.24. The normalized spacial score (nSPS) is 14.8. The number of hydrogen-bond acceptors (Lipinski definition) is 4. The summed E-state index contributed by atoms with van der Waals surface area (Å²) in [5.74, 6) is 0.440. The number of unbranched alkanes of at least 4 members (excludes halogenated alkanes) is 24. The molecule has 0 saturated carbocycles. The summed E-state index contributed by atoms with van der Waals surface area (Å²) in [6.07, 6.45) is 48.4. The average molecular weight is 800 g/mol. The van der Waals surface area contributed by atoms with Crippen LogP contribution in [0.1, 0.15) is 233 Å². The lowest BCUT2D eigenvalue weighted by Gasteiger charge is -2.38. The van der Waals surface area contributed by atoms with Crippen molar-refractivity contribution in [1.29, 1.82) is 0 Å². The van der Waals surface area contributed by atoms with E-state index in [-0.39, 0.29) is 23.8 Å². The predicted molar refractivity (Wildman–Crippen MR) is 248 cm³/mol. The Balaban J connectivity index is 2.54. The largest absolute Gasteiger partial charge is 0.379 e. The molecule has 0 aromatic carbocycles. The van der Waals surface area contributed by atoms with Crippen LogP contribution in [0.15, 0.2) is 24.3 Å². The van der Waals surface area contributed by atoms with Crippen LogP contribution in [-0.4, -0.2) is 73.6 Å². The first-order valence-corrected chi connectivity index (χ1v) is 25.3. The third-order valence-electron chi connectivity index (χ3n) is 12.3. The molecule has 0 bridgehead atoms. The number of carbonyl (C=O) groups is 2. The smallest absolute Gasteiger partial charge is 0.243 e. The fourth-order valence-corrected chi connectivity index (χ4v) is 8.38. The third-order valence-corrected chi connectivity index (χ3v) is 12.3. The summed E-state index contributed by atoms with van der Waals surface area (Å²) in [6, 6.07) is -0.380. The van der Waals surface area contributed by atoms with E-state index in [9.17, 15) is 9.59 Å². The number of allylic oxidation sites excluding steroid dienone is 4. The van der Waals surface area contributed by atoms with Crippen molar-refractivity contribution in [2.24, 2.45) is 5.92 Å². The van der Waals surface area contributed by atoms with E-state index in [1.54, 1.807) is 0 Å². The minimum Gasteiger partial charge on any atom is -0.379 e. The van der Waals surface area contributed by atoms with Crippen LogP contribution in [0, 0.1) is 5.92 Å². The van der Waals surface area contributed by atoms with Gasteiger partial charge in [-0.25, -0.2) is 0 Å². The summed E-state index contributed by atoms with van der Waals surface area (Å²) in [4.78, 5) is 32.7. The van der Waals surface area contributed by atoms with Gasteiger partial charge in [-0.3, -0.25) is 14.5 Å². The predicted octanol–water partition coefficient (Wildman–Crippen LogP) is 13.9. The van der Waals surface area contributed by atoms with Gasteiger partial charge in [-0.15, -0.1) is 0 Å². The van der Waals surface area contributed by atoms with E-state index in [1.165, 1.54) is 141 Å². The van der Waals surface area contributed by atoms with Crippen LogP contribution < -0.4 is 5.32 Å². The van der Waals surface area contributed by atoms with E-state index >= 15 is 0 Å². The zero-order valence-electron chi connectivity index (χ0n) is 38.7. The van der Waals surface area contributed by atoms with E-state index in [4.69, 9.17) is 4.74 Å². The summed E-state index contributed by atoms with van der Waals surface area (Å²) >= 11 is 0. The van der Waals surface area contributed by atoms with Crippen LogP contribution in [0.25, 0.3) is 0 Å². The Morgan fingerprint density at radius 1 is 0.596 bits per heavy atom. The molecule has 1 aliphatic rings. The second-order valence-corrected chi connectivity index (χ2v) is 17.4. The van der Waals surface area contributed by atoms with Gasteiger partial charge < -0.3 is 15.0 Å². The molecule has 0 spiro atoms. The third kappa shape index (κ3) is 31.0. The van der Waals surface area contributed by atoms with Gasteiger partial charge in [0.2, 0.25) is 11.8 Å². The maximum absolute atomic E-state index is 14.1. The number of morpholine rings is 1. The van der Waals surface area contributed by atoms with Gasteiger partial charge in [0.15, 0.2) is 0 Å². The van der Waals surface area contributed by atoms with Gasteiger partial charge in [0.25, 0.3) is 0 Å². The molecule has 6 nitrogen and oxygen atoms in total. The Bertz CT molecular complexity index is 946. The number of carbonyl (C=O) groups excluding carboxylic acids is 2. The van der Waals surface area contributed by atoms with E-state index < -0.39 is 0 Å². The molecule has 57 heavy (non-hydrogen) atoms. The van der Waals surface area contributed by atoms with Crippen molar-refractivity contribution in [3.63, 3.8) is 0 Å². The molecule has 0 aliphatic carbocycles. The molecular formula is C51H97N3O3. The molecule has 1 heterocycles. The quantitative estimate of drug-likeness (QED) is 0.0494. The molecule has 0 aromatic rings. The summed E-state index contributed by atoms with van der Waals surface area (Å²) in [7, 11) is 0. The van der Waals surface area contributed by atoms with Crippen LogP contribution in [0.5, 0.6) is 0 Å². The Morgan fingerprint density at radius 3 is 1.61 bits per heavy atom. The van der Waals surface area contributed by atoms with Crippen LogP contribution in [0.4, 0.5) is 0 Å². The number of hydrogen-bond donors (Lipinski definition) is 1. The number of nitrogens with zero attached hydrogens (tertiary/aromatic N) is 2. The summed E-state index contributed by atoms with van der Waals surface area (Å²) in [5, 5.41) is 3.34. The second kappa shape index (κ2) is 41.1. The summed E-state index contributed by atoms with van der Waals surface area (Å²) in [5.41, 5.74) is 0. The molecule has 1 saturated heterocycles. The summed E-state index contributed by atoms with van der Waals surface area (Å²) in [6.45, 7) is 14.4. The van der Waals surface area contributed by atoms with Crippen molar-refractivity contribution in [1.82, 2.24) is 15.1 Å². The highest BCUT2D eigenvalue weighted by molar-refractivity contribution is 5.88. The zero-order valence-corrected chi connectivity index (χ0v) is 38.7. The molecule has 1 N–H and O–H groups in total. The van der Waals surface area contributed by atoms with Crippen molar-refractivity contribution in [2.75, 3.05) is 45.9 Å². The Morgan fingerprint density at radius 2 is 1.07 bits per heavy atom. The Labute approximate surface area is 355 Å². The van der Waals surface area contributed by atoms with E-state index in [1.807, 2.05) is 4.90 Å². The first-order chi connectivity index (χ1) is 28.1. The van der Waals surface area contributed by atoms with Crippen LogP contribution in [0.3, 0.4) is 0 Å². The van der Waals surface area contributed by atoms with Gasteiger partial charge >= 0.3 is 0 Å². The van der Waals surface area contributed by atoms with Crippen molar-refractivity contribution in [3.8, 4) is 0 Å². The molecule has 2 atom stereocenters. The molecule has 1 rings (SSSR count). The molecule has 2 amide bonds. The van der Waals surface area contributed by atoms with Crippen LogP contribution in [0.2, 0.25) is 0 Å². The minimum absolute atomic E-state index is 0.0780. The fourth-order valence-electron chi connectivity index (χ4n) is 8.38. The molecule has 0 aromatic heterocycles. The lowest BCUT2D eigenvalue weighted by atomic mass is 9.89. The maximum Gasteiger partial charge on any atom is 0.243 e. The van der Waals surface area contributed by atoms with Crippen molar-refractivity contribution in [2.45, 2.75) is 239 Å². The van der Waals surface area contributed by atoms with Gasteiger partial charge in [-0.2, -0.15) is 0 Å². The molecular weight excluding hydrogens is 703 g/mol. The Hall–Kier alpha value is -1.66. The average Bonchev–Trinajstić information content (AvgIpc) is 3.23. The number of nitrogens with one attached hydrogen (secondary N) is 1. The monoisotopic (exact) mass is 800 g/mol. The molecule has 2 unspecified atom stereocenters. The van der Waals surface area contributed by atoms with E-state index in [0.29, 0.717) is 19.5 Å². The van der Waals surface area contributed by atoms with Gasteiger partial charge in [0.05, 0.1) is 13.2 Å². The SMILES string of the molecule is CCCCC/C=C\C/C=C\CCCCCCCC(=O)N(CCN1CCOCC1)C(C(=O)NCCCCCCCCCCCCCCCCCC)C(CC)CCCC. The molecule has 334 valence electrons. The van der Waals surface area contributed by atoms with Crippen molar-refractivity contribution >= 4 is 11.8 Å². The number of amides is 2. The lowest BCUT2D eigenvalue weighted by molar-refractivity contribution is -0.143. The van der Waals surface area contributed by atoms with Crippen LogP contribution >= 0.6 is 0 Å². The standard InChI is InChI=1S/C51H97N3O3/c1-5-9-12-14-16-18-20-22-24-26-28-30-32-34-36-38-41-52-51(56)50(48(8-4)39-11-7-3)54(43-42-53-44-46-57-47-45-53)49(55)40-37-35-33-31-29-27-25-23-21-19-17-15-13-10-6-2/h17,19,23,25,48,50H,5-16,18,20-22,24,26-47H2,1-4H3,(H,52,56)/b19-17-,25-23-. The van der Waals surface area contributed by atoms with Gasteiger partial charge in [-0.05, 0) is 57.3 Å². The zero-order chi connectivity index (χ0) is 41.3. The Kier molecular flexibility index (Phi) is 38.5. The summed E-state index contributed by atoms with van der Waals surface area (Å²) < 4.78 is 5.61. The van der Waals surface area contributed by atoms with Gasteiger partial charge in [-0.1, -0.05) is 200 Å². The molecule has 1 aliphatic heterocycles. The topological polar surface area (TPSA) is 61.9 Å². The molecule has 0 radical (unpaired) electrons. The minimum atomic E-state index is -0.380. The van der Waals surface area contributed by atoms with Crippen LogP contribution in [-0.2, 0) is 14.3 Å². The molecule has 6 heteroatoms. The highest BCUT2D eigenvalue weighted by Gasteiger charge is 2.35. The number of rotatable bonds is 41. The maximum atomic E-state index is 14.1. The van der Waals surface area contributed by atoms with Crippen molar-refractivity contribution < 1.29 is 14.3 Å². The van der Waals surface area contributed by atoms with E-state index in [0.717, 1.165) is 90.6 Å². The van der Waals surface area contributed by atoms with Gasteiger partial charge in [0, 0.05) is 39.1 Å². The molecule has 1 fully saturated rings. The van der Waals surface area contributed by atoms with Gasteiger partial charge in [0.1, 0.15) is 6.04 Å². The van der Waals surface area contributed by atoms with E-state index in [2.05, 4.69) is 62.2 Å². The first-order valence-electron chi connectivity index (χ1n) is 25.3. The second-order valence-electron chi connectivity index (χ2n) is 17.4.